The number of carbonyl (C=O) groups is 2. The molecular weight excluding hydrogens is 436 g/mol. The summed E-state index contributed by atoms with van der Waals surface area (Å²) in [6.45, 7) is 0. The molecule has 0 aliphatic rings. The van der Waals surface area contributed by atoms with Crippen molar-refractivity contribution in [3.63, 3.8) is 0 Å². The molecular formula is C8H3K5O7S+2. The van der Waals surface area contributed by atoms with Crippen LogP contribution in [0.4, 0.5) is 0 Å². The summed E-state index contributed by atoms with van der Waals surface area (Å²) in [6, 6.07) is 2.48. The second kappa shape index (κ2) is 18.3. The van der Waals surface area contributed by atoms with Gasteiger partial charge in [-0.3, -0.25) is 0 Å². The standard InChI is InChI=1S/C8H6O7S.5K/c9-7(10)4-2-1-3-5(8(11)12)6(4)16(13,14)15;;;;;/h1-3H,(H,9,10)(H,11,12)(H,13,14,15);;;;;/q;5*+1/p-3. The minimum atomic E-state index is -5.25. The van der Waals surface area contributed by atoms with E-state index in [0.717, 1.165) is 18.2 Å². The van der Waals surface area contributed by atoms with Gasteiger partial charge >= 0.3 is 257 Å². The fourth-order valence-electron chi connectivity index (χ4n) is 1.13. The van der Waals surface area contributed by atoms with E-state index in [4.69, 9.17) is 0 Å². The molecule has 0 unspecified atom stereocenters. The van der Waals surface area contributed by atoms with Gasteiger partial charge in [-0.2, -0.15) is 0 Å². The number of carbonyl (C=O) groups excluding carboxylic acids is 2. The maximum Gasteiger partial charge on any atom is 1.00 e. The number of benzene rings is 1. The van der Waals surface area contributed by atoms with Crippen LogP contribution in [0.25, 0.3) is 0 Å². The second-order valence-electron chi connectivity index (χ2n) is 2.71. The first-order chi connectivity index (χ1) is 7.25. The average molecular weight is 439 g/mol. The van der Waals surface area contributed by atoms with Crippen molar-refractivity contribution in [3.05, 3.63) is 29.3 Å². The molecule has 0 aromatic heterocycles. The van der Waals surface area contributed by atoms with Crippen LogP contribution in [0.1, 0.15) is 20.7 Å². The van der Waals surface area contributed by atoms with Crippen molar-refractivity contribution in [1.29, 1.82) is 0 Å². The zero-order valence-electron chi connectivity index (χ0n) is 12.5. The molecule has 0 saturated heterocycles. The van der Waals surface area contributed by atoms with Crippen LogP contribution in [0, 0.1) is 0 Å². The minimum absolute atomic E-state index is 0. The quantitative estimate of drug-likeness (QED) is 0.337. The number of rotatable bonds is 3. The summed E-state index contributed by atoms with van der Waals surface area (Å²) in [4.78, 5) is 19.7. The van der Waals surface area contributed by atoms with Gasteiger partial charge in [-0.05, 0) is 0 Å². The van der Waals surface area contributed by atoms with Gasteiger partial charge < -0.3 is 24.4 Å². The van der Waals surface area contributed by atoms with Crippen LogP contribution in [-0.4, -0.2) is 24.9 Å². The largest absolute Gasteiger partial charge is 1.00 e. The topological polar surface area (TPSA) is 137 Å². The van der Waals surface area contributed by atoms with Gasteiger partial charge in [-0.15, -0.1) is 0 Å². The van der Waals surface area contributed by atoms with Crippen LogP contribution in [0.5, 0.6) is 0 Å². The summed E-state index contributed by atoms with van der Waals surface area (Å²) in [7, 11) is -5.25. The molecule has 7 nitrogen and oxygen atoms in total. The van der Waals surface area contributed by atoms with Crippen LogP contribution in [0.3, 0.4) is 0 Å². The van der Waals surface area contributed by atoms with Crippen molar-refractivity contribution in [1.82, 2.24) is 0 Å². The van der Waals surface area contributed by atoms with Crippen molar-refractivity contribution >= 4 is 22.1 Å². The third-order valence-corrected chi connectivity index (χ3v) is 2.64. The third kappa shape index (κ3) is 13.2. The number of hydrogen-bond donors (Lipinski definition) is 0. The minimum Gasteiger partial charge on any atom is -0.744 e. The van der Waals surface area contributed by atoms with E-state index in [0.29, 0.717) is 0 Å². The molecule has 0 bridgehead atoms. The molecule has 21 heavy (non-hydrogen) atoms. The smallest absolute Gasteiger partial charge is 0.744 e. The van der Waals surface area contributed by atoms with E-state index in [9.17, 15) is 32.8 Å². The van der Waals surface area contributed by atoms with E-state index in [-0.39, 0.29) is 257 Å². The Bertz CT molecular complexity index is 542. The van der Waals surface area contributed by atoms with Crippen molar-refractivity contribution in [2.45, 2.75) is 4.90 Å². The predicted octanol–water partition coefficient (Wildman–Crippen LogP) is -17.7. The van der Waals surface area contributed by atoms with Crippen molar-refractivity contribution in [2.24, 2.45) is 0 Å². The maximum atomic E-state index is 10.7. The van der Waals surface area contributed by atoms with Crippen LogP contribution in [-0.2, 0) is 10.1 Å². The monoisotopic (exact) mass is 438 g/mol. The SMILES string of the molecule is O=C([O-])c1cccc(C(=O)[O-])c1S(=O)(=O)[O-].[K+].[K+].[K+].[K+].[K+]. The zero-order valence-corrected chi connectivity index (χ0v) is 28.9. The summed E-state index contributed by atoms with van der Waals surface area (Å²) in [5.74, 6) is -3.92. The van der Waals surface area contributed by atoms with Crippen molar-refractivity contribution < 1.29 is 290 Å². The molecule has 13 heteroatoms. The molecule has 0 aliphatic heterocycles. The number of carboxylic acids is 2. The number of aromatic carboxylic acids is 2. The van der Waals surface area contributed by atoms with E-state index >= 15 is 0 Å². The molecule has 0 radical (unpaired) electrons. The molecule has 0 atom stereocenters. The van der Waals surface area contributed by atoms with Gasteiger partial charge in [-0.25, -0.2) is 8.42 Å². The molecule has 0 saturated carbocycles. The third-order valence-electron chi connectivity index (χ3n) is 1.70. The van der Waals surface area contributed by atoms with E-state index in [2.05, 4.69) is 0 Å². The Labute approximate surface area is 334 Å². The van der Waals surface area contributed by atoms with Crippen LogP contribution in [0.15, 0.2) is 23.1 Å². The van der Waals surface area contributed by atoms with E-state index in [1.165, 1.54) is 0 Å². The fraction of sp³-hybridized carbons (Fsp3) is 0. The molecule has 1 aromatic rings. The summed E-state index contributed by atoms with van der Waals surface area (Å²) >= 11 is 0. The van der Waals surface area contributed by atoms with Gasteiger partial charge in [0.05, 0.1) is 16.8 Å². The van der Waals surface area contributed by atoms with Gasteiger partial charge in [0, 0.05) is 11.1 Å². The predicted molar refractivity (Wildman–Crippen MR) is 43.1 cm³/mol. The average Bonchev–Trinajstić information content (AvgIpc) is 2.15. The molecule has 0 amide bonds. The van der Waals surface area contributed by atoms with Crippen LogP contribution < -0.4 is 267 Å². The molecule has 0 N–H and O–H groups in total. The molecule has 1 aromatic carbocycles. The Morgan fingerprint density at radius 1 is 0.810 bits per heavy atom. The molecule has 86 valence electrons. The van der Waals surface area contributed by atoms with Gasteiger partial charge in [0.2, 0.25) is 0 Å². The molecule has 0 aliphatic carbocycles. The zero-order chi connectivity index (χ0) is 12.5. The number of carboxylic acid groups (broad SMARTS) is 2. The van der Waals surface area contributed by atoms with Gasteiger partial charge in [0.1, 0.15) is 10.1 Å². The molecule has 0 spiro atoms. The first-order valence-electron chi connectivity index (χ1n) is 3.76. The summed E-state index contributed by atoms with van der Waals surface area (Å²) in [5.41, 5.74) is -2.01. The summed E-state index contributed by atoms with van der Waals surface area (Å²) in [5, 5.41) is 21.0. The first kappa shape index (κ1) is 37.9. The molecule has 1 rings (SSSR count). The first-order valence-corrected chi connectivity index (χ1v) is 5.17. The Morgan fingerprint density at radius 3 is 1.29 bits per heavy atom. The van der Waals surface area contributed by atoms with Crippen molar-refractivity contribution in [2.75, 3.05) is 0 Å². The van der Waals surface area contributed by atoms with E-state index in [1.807, 2.05) is 0 Å². The van der Waals surface area contributed by atoms with Gasteiger partial charge in [0.15, 0.2) is 0 Å². The Kier molecular flexibility index (Phi) is 33.0. The normalized spacial score (nSPS) is 8.43. The Balaban J connectivity index is -0.000000171. The summed E-state index contributed by atoms with van der Waals surface area (Å²) in [6.07, 6.45) is 0. The van der Waals surface area contributed by atoms with E-state index in [1.54, 1.807) is 0 Å². The fourth-order valence-corrected chi connectivity index (χ4v) is 1.97. The van der Waals surface area contributed by atoms with Crippen LogP contribution >= 0.6 is 0 Å². The Morgan fingerprint density at radius 2 is 1.10 bits per heavy atom. The maximum absolute atomic E-state index is 10.7. The van der Waals surface area contributed by atoms with E-state index < -0.39 is 38.1 Å². The van der Waals surface area contributed by atoms with Crippen molar-refractivity contribution in [3.8, 4) is 0 Å². The summed E-state index contributed by atoms with van der Waals surface area (Å²) < 4.78 is 32.2. The van der Waals surface area contributed by atoms with Crippen LogP contribution in [0.2, 0.25) is 0 Å². The Hall–Kier alpha value is 6.25. The van der Waals surface area contributed by atoms with Gasteiger partial charge in [0.25, 0.3) is 0 Å². The second-order valence-corrected chi connectivity index (χ2v) is 4.03. The molecule has 0 fully saturated rings. The van der Waals surface area contributed by atoms with Gasteiger partial charge in [-0.1, -0.05) is 18.2 Å². The molecule has 0 heterocycles. The number of hydrogen-bond acceptors (Lipinski definition) is 7.